The molecule has 0 aliphatic rings. The molecule has 0 saturated heterocycles. The lowest BCUT2D eigenvalue weighted by Gasteiger charge is -2.10. The molecule has 0 spiro atoms. The molecule has 0 aliphatic carbocycles. The molecule has 7 nitrogen and oxygen atoms in total. The Morgan fingerprint density at radius 2 is 1.79 bits per heavy atom. The maximum atomic E-state index is 13.7. The Bertz CT molecular complexity index is 1080. The third-order valence-corrected chi connectivity index (χ3v) is 7.05. The summed E-state index contributed by atoms with van der Waals surface area (Å²) in [6.45, 7) is 2.99. The van der Waals surface area contributed by atoms with Crippen LogP contribution in [-0.2, 0) is 19.9 Å². The van der Waals surface area contributed by atoms with Crippen molar-refractivity contribution in [1.29, 1.82) is 0 Å². The fourth-order valence-electron chi connectivity index (χ4n) is 2.25. The van der Waals surface area contributed by atoms with Gasteiger partial charge in [-0.25, -0.2) is 21.2 Å². The number of hydrogen-bond acceptors (Lipinski definition) is 5. The number of hydrogen-bond donors (Lipinski definition) is 2. The number of nitrogens with one attached hydrogen (secondary N) is 2. The number of rotatable bonds is 8. The minimum absolute atomic E-state index is 0.0141. The number of carbonyl (C=O) groups excluding carboxylic acids is 1. The van der Waals surface area contributed by atoms with E-state index in [9.17, 15) is 26.0 Å². The summed E-state index contributed by atoms with van der Waals surface area (Å²) in [6.07, 6.45) is 0. The molecule has 0 radical (unpaired) electrons. The molecule has 0 aromatic heterocycles. The second kappa shape index (κ2) is 8.70. The number of sulfone groups is 1. The Hall–Kier alpha value is -2.46. The fraction of sp³-hybridized carbons (Fsp3) is 0.278. The SMILES string of the molecule is CCS(=O)(=O)CCNC(=O)c1cccc(NS(=O)(=O)c2ccc(C)c(F)c2)c1. The van der Waals surface area contributed by atoms with Crippen molar-refractivity contribution in [2.45, 2.75) is 18.7 Å². The minimum atomic E-state index is -4.04. The van der Waals surface area contributed by atoms with E-state index < -0.39 is 31.6 Å². The predicted molar refractivity (Wildman–Crippen MR) is 105 cm³/mol. The van der Waals surface area contributed by atoms with E-state index in [-0.39, 0.29) is 34.2 Å². The van der Waals surface area contributed by atoms with Gasteiger partial charge in [-0.1, -0.05) is 19.1 Å². The molecule has 0 unspecified atom stereocenters. The molecule has 2 rings (SSSR count). The largest absolute Gasteiger partial charge is 0.351 e. The monoisotopic (exact) mass is 428 g/mol. The summed E-state index contributed by atoms with van der Waals surface area (Å²) in [4.78, 5) is 11.9. The van der Waals surface area contributed by atoms with Gasteiger partial charge >= 0.3 is 0 Å². The zero-order chi connectivity index (χ0) is 20.9. The number of benzene rings is 2. The molecular formula is C18H21FN2O5S2. The van der Waals surface area contributed by atoms with Crippen LogP contribution in [0.15, 0.2) is 47.4 Å². The van der Waals surface area contributed by atoms with E-state index in [1.54, 1.807) is 0 Å². The maximum absolute atomic E-state index is 13.7. The lowest BCUT2D eigenvalue weighted by atomic mass is 10.2. The van der Waals surface area contributed by atoms with Crippen molar-refractivity contribution in [3.63, 3.8) is 0 Å². The summed E-state index contributed by atoms with van der Waals surface area (Å²) in [6, 6.07) is 9.26. The van der Waals surface area contributed by atoms with E-state index >= 15 is 0 Å². The molecule has 2 N–H and O–H groups in total. The highest BCUT2D eigenvalue weighted by Gasteiger charge is 2.17. The molecule has 0 atom stereocenters. The zero-order valence-corrected chi connectivity index (χ0v) is 17.0. The van der Waals surface area contributed by atoms with Gasteiger partial charge in [-0.2, -0.15) is 0 Å². The van der Waals surface area contributed by atoms with Crippen LogP contribution in [0, 0.1) is 12.7 Å². The van der Waals surface area contributed by atoms with Gasteiger partial charge in [0.2, 0.25) is 0 Å². The van der Waals surface area contributed by atoms with Gasteiger partial charge in [0.15, 0.2) is 9.84 Å². The van der Waals surface area contributed by atoms with Crippen LogP contribution in [0.5, 0.6) is 0 Å². The third kappa shape index (κ3) is 5.77. The summed E-state index contributed by atoms with van der Waals surface area (Å²) in [7, 11) is -7.24. The molecule has 0 saturated carbocycles. The first-order chi connectivity index (χ1) is 13.0. The molecule has 0 heterocycles. The topological polar surface area (TPSA) is 109 Å². The Morgan fingerprint density at radius 1 is 1.07 bits per heavy atom. The number of carbonyl (C=O) groups is 1. The summed E-state index contributed by atoms with van der Waals surface area (Å²) in [5, 5.41) is 2.48. The second-order valence-corrected chi connectivity index (χ2v) is 10.2. The van der Waals surface area contributed by atoms with Gasteiger partial charge < -0.3 is 5.32 Å². The van der Waals surface area contributed by atoms with Crippen molar-refractivity contribution in [2.75, 3.05) is 22.8 Å². The average molecular weight is 429 g/mol. The Balaban J connectivity index is 2.12. The molecule has 0 aliphatic heterocycles. The number of amides is 1. The second-order valence-electron chi connectivity index (χ2n) is 6.09. The Kier molecular flexibility index (Phi) is 6.78. The normalized spacial score (nSPS) is 11.8. The smallest absolute Gasteiger partial charge is 0.261 e. The van der Waals surface area contributed by atoms with Crippen LogP contribution in [0.1, 0.15) is 22.8 Å². The van der Waals surface area contributed by atoms with E-state index in [4.69, 9.17) is 0 Å². The van der Waals surface area contributed by atoms with Gasteiger partial charge in [-0.3, -0.25) is 9.52 Å². The minimum Gasteiger partial charge on any atom is -0.351 e. The number of halogens is 1. The zero-order valence-electron chi connectivity index (χ0n) is 15.4. The molecule has 1 amide bonds. The molecule has 10 heteroatoms. The van der Waals surface area contributed by atoms with Gasteiger partial charge in [0.1, 0.15) is 5.82 Å². The van der Waals surface area contributed by atoms with E-state index in [1.165, 1.54) is 50.2 Å². The van der Waals surface area contributed by atoms with Crippen molar-refractivity contribution in [1.82, 2.24) is 5.32 Å². The summed E-state index contributed by atoms with van der Waals surface area (Å²) >= 11 is 0. The van der Waals surface area contributed by atoms with Crippen LogP contribution in [-0.4, -0.2) is 40.8 Å². The maximum Gasteiger partial charge on any atom is 0.261 e. The summed E-state index contributed by atoms with van der Waals surface area (Å²) in [5.41, 5.74) is 0.599. The van der Waals surface area contributed by atoms with Gasteiger partial charge in [0, 0.05) is 23.5 Å². The van der Waals surface area contributed by atoms with Crippen LogP contribution in [0.3, 0.4) is 0 Å². The fourth-order valence-corrected chi connectivity index (χ4v) is 4.01. The molecule has 152 valence electrons. The molecule has 0 fully saturated rings. The number of anilines is 1. The van der Waals surface area contributed by atoms with Crippen molar-refractivity contribution >= 4 is 31.5 Å². The van der Waals surface area contributed by atoms with E-state index in [0.29, 0.717) is 5.56 Å². The third-order valence-electron chi connectivity index (χ3n) is 3.97. The summed E-state index contributed by atoms with van der Waals surface area (Å²) in [5.74, 6) is -1.37. The van der Waals surface area contributed by atoms with Crippen molar-refractivity contribution in [2.24, 2.45) is 0 Å². The first kappa shape index (κ1) is 21.8. The van der Waals surface area contributed by atoms with E-state index in [0.717, 1.165) is 6.07 Å². The van der Waals surface area contributed by atoms with Crippen molar-refractivity contribution in [3.05, 3.63) is 59.4 Å². The van der Waals surface area contributed by atoms with Crippen molar-refractivity contribution < 1.29 is 26.0 Å². The Labute approximate surface area is 163 Å². The molecule has 0 bridgehead atoms. The van der Waals surface area contributed by atoms with E-state index in [2.05, 4.69) is 10.0 Å². The van der Waals surface area contributed by atoms with Gasteiger partial charge in [0.25, 0.3) is 15.9 Å². The van der Waals surface area contributed by atoms with Crippen LogP contribution in [0.2, 0.25) is 0 Å². The molecule has 2 aromatic carbocycles. The summed E-state index contributed by atoms with van der Waals surface area (Å²) < 4.78 is 63.7. The van der Waals surface area contributed by atoms with Gasteiger partial charge in [-0.15, -0.1) is 0 Å². The first-order valence-electron chi connectivity index (χ1n) is 8.42. The van der Waals surface area contributed by atoms with Gasteiger partial charge in [0.05, 0.1) is 10.6 Å². The van der Waals surface area contributed by atoms with E-state index in [1.807, 2.05) is 0 Å². The van der Waals surface area contributed by atoms with Crippen LogP contribution < -0.4 is 10.0 Å². The Morgan fingerprint density at radius 3 is 2.43 bits per heavy atom. The average Bonchev–Trinajstić information content (AvgIpc) is 2.63. The lowest BCUT2D eigenvalue weighted by molar-refractivity contribution is 0.0956. The number of aryl methyl sites for hydroxylation is 1. The lowest BCUT2D eigenvalue weighted by Crippen LogP contribution is -2.29. The highest BCUT2D eigenvalue weighted by molar-refractivity contribution is 7.92. The van der Waals surface area contributed by atoms with Gasteiger partial charge in [-0.05, 0) is 42.8 Å². The molecule has 28 heavy (non-hydrogen) atoms. The van der Waals surface area contributed by atoms with Crippen LogP contribution in [0.4, 0.5) is 10.1 Å². The van der Waals surface area contributed by atoms with Crippen LogP contribution in [0.25, 0.3) is 0 Å². The van der Waals surface area contributed by atoms with Crippen molar-refractivity contribution in [3.8, 4) is 0 Å². The number of sulfonamides is 1. The highest BCUT2D eigenvalue weighted by Crippen LogP contribution is 2.19. The standard InChI is InChI=1S/C18H21FN2O5S2/c1-3-27(23,24)10-9-20-18(22)14-5-4-6-15(11-14)21-28(25,26)16-8-7-13(2)17(19)12-16/h4-8,11-12,21H,3,9-10H2,1-2H3,(H,20,22). The highest BCUT2D eigenvalue weighted by atomic mass is 32.2. The quantitative estimate of drug-likeness (QED) is 0.669. The molecular weight excluding hydrogens is 407 g/mol. The predicted octanol–water partition coefficient (Wildman–Crippen LogP) is 2.10. The first-order valence-corrected chi connectivity index (χ1v) is 11.7. The van der Waals surface area contributed by atoms with Crippen LogP contribution >= 0.6 is 0 Å². The molecule has 2 aromatic rings.